The summed E-state index contributed by atoms with van der Waals surface area (Å²) in [5.74, 6) is -0.0983. The summed E-state index contributed by atoms with van der Waals surface area (Å²) in [4.78, 5) is 25.6. The van der Waals surface area contributed by atoms with Gasteiger partial charge in [0.2, 0.25) is 0 Å². The zero-order chi connectivity index (χ0) is 22.2. The molecular weight excluding hydrogens is 388 g/mol. The Kier molecular flexibility index (Phi) is 5.39. The Morgan fingerprint density at radius 1 is 1.10 bits per heavy atom. The van der Waals surface area contributed by atoms with E-state index < -0.39 is 0 Å². The van der Waals surface area contributed by atoms with Crippen LogP contribution in [0, 0.1) is 6.92 Å². The van der Waals surface area contributed by atoms with E-state index in [9.17, 15) is 9.59 Å². The SMILES string of the molecule is Cc1[nH]nc2c1c(=O)n(CCCNC(=O)c1ccc(C(C)(C)C)cc1)c1ccccc21. The number of hydrogen-bond acceptors (Lipinski definition) is 3. The van der Waals surface area contributed by atoms with Gasteiger partial charge in [0, 0.05) is 29.7 Å². The molecule has 6 heteroatoms. The van der Waals surface area contributed by atoms with E-state index >= 15 is 0 Å². The molecule has 0 aliphatic heterocycles. The van der Waals surface area contributed by atoms with Crippen LogP contribution < -0.4 is 10.9 Å². The molecule has 2 N–H and O–H groups in total. The number of hydrogen-bond donors (Lipinski definition) is 2. The maximum absolute atomic E-state index is 13.1. The molecular formula is C25H28N4O2. The number of amides is 1. The fraction of sp³-hybridized carbons (Fsp3) is 0.320. The predicted octanol–water partition coefficient (Wildman–Crippen LogP) is 4.30. The Balaban J connectivity index is 1.47. The van der Waals surface area contributed by atoms with Gasteiger partial charge in [-0.15, -0.1) is 0 Å². The predicted molar refractivity (Wildman–Crippen MR) is 125 cm³/mol. The molecule has 31 heavy (non-hydrogen) atoms. The van der Waals surface area contributed by atoms with E-state index in [0.29, 0.717) is 36.0 Å². The van der Waals surface area contributed by atoms with E-state index in [0.717, 1.165) is 16.6 Å². The largest absolute Gasteiger partial charge is 0.352 e. The Hall–Kier alpha value is -3.41. The molecule has 0 spiro atoms. The minimum absolute atomic E-state index is 0.0518. The molecule has 6 nitrogen and oxygen atoms in total. The van der Waals surface area contributed by atoms with Crippen LogP contribution in [0.1, 0.15) is 48.8 Å². The highest BCUT2D eigenvalue weighted by Crippen LogP contribution is 2.23. The van der Waals surface area contributed by atoms with Crippen molar-refractivity contribution in [2.45, 2.75) is 46.1 Å². The molecule has 0 fully saturated rings. The molecule has 2 aromatic carbocycles. The second-order valence-electron chi connectivity index (χ2n) is 8.98. The maximum atomic E-state index is 13.1. The van der Waals surface area contributed by atoms with Crippen LogP contribution in [0.2, 0.25) is 0 Å². The van der Waals surface area contributed by atoms with Crippen LogP contribution in [-0.4, -0.2) is 27.2 Å². The normalized spacial score (nSPS) is 11.9. The first-order chi connectivity index (χ1) is 14.8. The maximum Gasteiger partial charge on any atom is 0.262 e. The van der Waals surface area contributed by atoms with Crippen molar-refractivity contribution >= 4 is 27.7 Å². The quantitative estimate of drug-likeness (QED) is 0.476. The lowest BCUT2D eigenvalue weighted by molar-refractivity contribution is 0.0952. The van der Waals surface area contributed by atoms with Gasteiger partial charge in [0.25, 0.3) is 11.5 Å². The summed E-state index contributed by atoms with van der Waals surface area (Å²) in [6.07, 6.45) is 0.651. The summed E-state index contributed by atoms with van der Waals surface area (Å²) in [5.41, 5.74) is 4.18. The molecule has 2 aromatic heterocycles. The molecule has 0 aliphatic rings. The van der Waals surface area contributed by atoms with E-state index in [1.807, 2.05) is 55.5 Å². The number of H-pyrrole nitrogens is 1. The number of rotatable bonds is 5. The van der Waals surface area contributed by atoms with E-state index in [2.05, 4.69) is 36.3 Å². The first kappa shape index (κ1) is 20.8. The van der Waals surface area contributed by atoms with Crippen molar-refractivity contribution < 1.29 is 4.79 Å². The molecule has 0 saturated heterocycles. The highest BCUT2D eigenvalue weighted by atomic mass is 16.1. The van der Waals surface area contributed by atoms with Gasteiger partial charge < -0.3 is 9.88 Å². The van der Waals surface area contributed by atoms with Gasteiger partial charge >= 0.3 is 0 Å². The molecule has 2 heterocycles. The number of fused-ring (bicyclic) bond motifs is 3. The van der Waals surface area contributed by atoms with E-state index in [-0.39, 0.29) is 16.9 Å². The summed E-state index contributed by atoms with van der Waals surface area (Å²) in [6.45, 7) is 9.31. The Morgan fingerprint density at radius 3 is 2.52 bits per heavy atom. The smallest absolute Gasteiger partial charge is 0.262 e. The third-order valence-electron chi connectivity index (χ3n) is 5.71. The molecule has 4 rings (SSSR count). The van der Waals surface area contributed by atoms with Gasteiger partial charge in [-0.25, -0.2) is 0 Å². The lowest BCUT2D eigenvalue weighted by Gasteiger charge is -2.19. The van der Waals surface area contributed by atoms with Gasteiger partial charge in [-0.2, -0.15) is 5.10 Å². The lowest BCUT2D eigenvalue weighted by atomic mass is 9.87. The van der Waals surface area contributed by atoms with Gasteiger partial charge in [-0.05, 0) is 42.5 Å². The third kappa shape index (κ3) is 3.98. The number of para-hydroxylation sites is 1. The minimum atomic E-state index is -0.0983. The van der Waals surface area contributed by atoms with Crippen molar-refractivity contribution in [3.05, 3.63) is 75.7 Å². The minimum Gasteiger partial charge on any atom is -0.352 e. The van der Waals surface area contributed by atoms with Crippen molar-refractivity contribution in [3.8, 4) is 0 Å². The Morgan fingerprint density at radius 2 is 1.81 bits per heavy atom. The molecule has 0 unspecified atom stereocenters. The standard InChI is InChI=1S/C25H28N4O2/c1-16-21-22(28-27-16)19-8-5-6-9-20(19)29(24(21)31)15-7-14-26-23(30)17-10-12-18(13-11-17)25(2,3)4/h5-6,8-13H,7,14-15H2,1-4H3,(H,26,30)(H,27,28). The number of benzene rings is 2. The van der Waals surface area contributed by atoms with E-state index in [4.69, 9.17) is 0 Å². The van der Waals surface area contributed by atoms with Gasteiger partial charge in [-0.1, -0.05) is 51.1 Å². The van der Waals surface area contributed by atoms with Gasteiger partial charge in [0.05, 0.1) is 10.9 Å². The molecule has 4 aromatic rings. The van der Waals surface area contributed by atoms with Crippen LogP contribution in [0.15, 0.2) is 53.3 Å². The molecule has 0 aliphatic carbocycles. The number of aromatic amines is 1. The van der Waals surface area contributed by atoms with Crippen LogP contribution in [0.3, 0.4) is 0 Å². The van der Waals surface area contributed by atoms with Gasteiger partial charge in [0.1, 0.15) is 5.52 Å². The van der Waals surface area contributed by atoms with Crippen molar-refractivity contribution in [2.75, 3.05) is 6.54 Å². The van der Waals surface area contributed by atoms with E-state index in [1.165, 1.54) is 5.56 Å². The summed E-state index contributed by atoms with van der Waals surface area (Å²) in [6, 6.07) is 15.5. The van der Waals surface area contributed by atoms with Crippen molar-refractivity contribution in [3.63, 3.8) is 0 Å². The van der Waals surface area contributed by atoms with Crippen molar-refractivity contribution in [2.24, 2.45) is 0 Å². The first-order valence-electron chi connectivity index (χ1n) is 10.6. The van der Waals surface area contributed by atoms with Crippen molar-refractivity contribution in [1.82, 2.24) is 20.1 Å². The summed E-state index contributed by atoms with van der Waals surface area (Å²) in [5, 5.41) is 11.8. The highest BCUT2D eigenvalue weighted by Gasteiger charge is 2.16. The number of aryl methyl sites for hydroxylation is 2. The Labute approximate surface area is 181 Å². The average molecular weight is 417 g/mol. The van der Waals surface area contributed by atoms with Crippen LogP contribution in [0.25, 0.3) is 21.8 Å². The van der Waals surface area contributed by atoms with E-state index in [1.54, 1.807) is 4.57 Å². The number of carbonyl (C=O) groups is 1. The molecule has 1 amide bonds. The van der Waals surface area contributed by atoms with Crippen LogP contribution in [0.5, 0.6) is 0 Å². The lowest BCUT2D eigenvalue weighted by Crippen LogP contribution is -2.27. The number of nitrogens with zero attached hydrogens (tertiary/aromatic N) is 2. The molecule has 0 atom stereocenters. The number of pyridine rings is 1. The fourth-order valence-corrected chi connectivity index (χ4v) is 3.92. The zero-order valence-corrected chi connectivity index (χ0v) is 18.5. The van der Waals surface area contributed by atoms with Gasteiger partial charge in [0.15, 0.2) is 0 Å². The van der Waals surface area contributed by atoms with Crippen LogP contribution in [0.4, 0.5) is 0 Å². The van der Waals surface area contributed by atoms with Gasteiger partial charge in [-0.3, -0.25) is 14.7 Å². The van der Waals surface area contributed by atoms with Crippen LogP contribution >= 0.6 is 0 Å². The highest BCUT2D eigenvalue weighted by molar-refractivity contribution is 6.03. The number of carbonyl (C=O) groups excluding carboxylic acids is 1. The summed E-state index contributed by atoms with van der Waals surface area (Å²) < 4.78 is 1.78. The average Bonchev–Trinajstić information content (AvgIpc) is 3.14. The monoisotopic (exact) mass is 416 g/mol. The second-order valence-corrected chi connectivity index (χ2v) is 8.98. The summed E-state index contributed by atoms with van der Waals surface area (Å²) in [7, 11) is 0. The Bertz CT molecular complexity index is 1310. The number of aromatic nitrogens is 3. The molecule has 160 valence electrons. The van der Waals surface area contributed by atoms with Crippen molar-refractivity contribution in [1.29, 1.82) is 0 Å². The topological polar surface area (TPSA) is 79.8 Å². The first-order valence-corrected chi connectivity index (χ1v) is 10.6. The summed E-state index contributed by atoms with van der Waals surface area (Å²) >= 11 is 0. The zero-order valence-electron chi connectivity index (χ0n) is 18.5. The molecule has 0 saturated carbocycles. The van der Waals surface area contributed by atoms with Crippen LogP contribution in [-0.2, 0) is 12.0 Å². The molecule has 0 radical (unpaired) electrons. The number of nitrogens with one attached hydrogen (secondary N) is 2. The fourth-order valence-electron chi connectivity index (χ4n) is 3.92. The second kappa shape index (κ2) is 8.02. The third-order valence-corrected chi connectivity index (χ3v) is 5.71. The molecule has 0 bridgehead atoms.